The lowest BCUT2D eigenvalue weighted by Gasteiger charge is -2.12. The molecule has 15 heavy (non-hydrogen) atoms. The molecule has 0 radical (unpaired) electrons. The van der Waals surface area contributed by atoms with E-state index in [1.165, 1.54) is 6.07 Å². The van der Waals surface area contributed by atoms with Crippen LogP contribution in [0.2, 0.25) is 0 Å². The lowest BCUT2D eigenvalue weighted by Crippen LogP contribution is -2.24. The summed E-state index contributed by atoms with van der Waals surface area (Å²) < 4.78 is 18.6. The Morgan fingerprint density at radius 2 is 2.27 bits per heavy atom. The first-order valence-electron chi connectivity index (χ1n) is 4.82. The van der Waals surface area contributed by atoms with Gasteiger partial charge in [-0.2, -0.15) is 0 Å². The molecule has 0 amide bonds. The molecule has 2 N–H and O–H groups in total. The van der Waals surface area contributed by atoms with Gasteiger partial charge in [0.15, 0.2) is 0 Å². The normalized spacial score (nSPS) is 12.8. The summed E-state index contributed by atoms with van der Waals surface area (Å²) in [5, 5.41) is 0. The average Bonchev–Trinajstić information content (AvgIpc) is 2.22. The summed E-state index contributed by atoms with van der Waals surface area (Å²) in [6.07, 6.45) is 1.43. The average molecular weight is 276 g/mol. The third-order valence-electron chi connectivity index (χ3n) is 2.21. The highest BCUT2D eigenvalue weighted by molar-refractivity contribution is 9.10. The Labute approximate surface area is 97.7 Å². The van der Waals surface area contributed by atoms with Crippen molar-refractivity contribution >= 4 is 15.9 Å². The highest BCUT2D eigenvalue weighted by Crippen LogP contribution is 2.21. The lowest BCUT2D eigenvalue weighted by atomic mass is 10.0. The van der Waals surface area contributed by atoms with Gasteiger partial charge in [-0.15, -0.1) is 0 Å². The maximum absolute atomic E-state index is 13.2. The fourth-order valence-corrected chi connectivity index (χ4v) is 1.79. The first-order valence-corrected chi connectivity index (χ1v) is 5.62. The van der Waals surface area contributed by atoms with Crippen LogP contribution in [0.25, 0.3) is 0 Å². The Morgan fingerprint density at radius 1 is 1.53 bits per heavy atom. The maximum Gasteiger partial charge on any atom is 0.137 e. The van der Waals surface area contributed by atoms with Gasteiger partial charge in [0.25, 0.3) is 0 Å². The van der Waals surface area contributed by atoms with Crippen LogP contribution in [-0.2, 0) is 11.2 Å². The van der Waals surface area contributed by atoms with E-state index in [2.05, 4.69) is 15.9 Å². The van der Waals surface area contributed by atoms with Crippen molar-refractivity contribution in [2.45, 2.75) is 18.9 Å². The summed E-state index contributed by atoms with van der Waals surface area (Å²) in [5.74, 6) is -0.244. The lowest BCUT2D eigenvalue weighted by molar-refractivity contribution is 0.188. The molecule has 4 heteroatoms. The maximum atomic E-state index is 13.2. The second kappa shape index (κ2) is 6.20. The van der Waals surface area contributed by atoms with Crippen LogP contribution in [-0.4, -0.2) is 19.8 Å². The third-order valence-corrected chi connectivity index (χ3v) is 3.09. The molecule has 1 rings (SSSR count). The van der Waals surface area contributed by atoms with E-state index >= 15 is 0 Å². The van der Waals surface area contributed by atoms with Gasteiger partial charge in [-0.05, 0) is 40.4 Å². The van der Waals surface area contributed by atoms with Gasteiger partial charge in [-0.3, -0.25) is 0 Å². The number of hydrogen-bond acceptors (Lipinski definition) is 2. The van der Waals surface area contributed by atoms with Crippen molar-refractivity contribution in [1.29, 1.82) is 0 Å². The molecule has 1 aromatic rings. The zero-order valence-corrected chi connectivity index (χ0v) is 10.3. The van der Waals surface area contributed by atoms with E-state index in [4.69, 9.17) is 10.5 Å². The molecule has 0 heterocycles. The molecule has 0 aliphatic rings. The van der Waals surface area contributed by atoms with Crippen molar-refractivity contribution in [3.05, 3.63) is 34.1 Å². The van der Waals surface area contributed by atoms with Crippen LogP contribution in [0.3, 0.4) is 0 Å². The largest absolute Gasteiger partial charge is 0.385 e. The van der Waals surface area contributed by atoms with Crippen LogP contribution in [0.15, 0.2) is 22.7 Å². The first kappa shape index (κ1) is 12.6. The van der Waals surface area contributed by atoms with Crippen LogP contribution < -0.4 is 5.73 Å². The van der Waals surface area contributed by atoms with E-state index in [0.29, 0.717) is 17.5 Å². The molecular weight excluding hydrogens is 261 g/mol. The molecule has 2 nitrogen and oxygen atoms in total. The highest BCUT2D eigenvalue weighted by Gasteiger charge is 2.09. The van der Waals surface area contributed by atoms with E-state index < -0.39 is 0 Å². The molecular formula is C11H15BrFNO. The second-order valence-corrected chi connectivity index (χ2v) is 4.25. The van der Waals surface area contributed by atoms with Crippen molar-refractivity contribution in [2.24, 2.45) is 5.73 Å². The molecule has 0 saturated heterocycles. The molecule has 1 aromatic carbocycles. The van der Waals surface area contributed by atoms with Gasteiger partial charge < -0.3 is 10.5 Å². The second-order valence-electron chi connectivity index (χ2n) is 3.46. The molecule has 0 spiro atoms. The highest BCUT2D eigenvalue weighted by atomic mass is 79.9. The van der Waals surface area contributed by atoms with Gasteiger partial charge in [0.2, 0.25) is 0 Å². The Balaban J connectivity index is 2.60. The van der Waals surface area contributed by atoms with E-state index in [1.807, 2.05) is 6.07 Å². The van der Waals surface area contributed by atoms with Gasteiger partial charge >= 0.3 is 0 Å². The minimum atomic E-state index is -0.244. The number of benzene rings is 1. The van der Waals surface area contributed by atoms with Crippen LogP contribution in [0.5, 0.6) is 0 Å². The van der Waals surface area contributed by atoms with Gasteiger partial charge in [-0.25, -0.2) is 4.39 Å². The predicted octanol–water partition coefficient (Wildman–Crippen LogP) is 2.49. The van der Waals surface area contributed by atoms with Crippen molar-refractivity contribution in [3.8, 4) is 0 Å². The van der Waals surface area contributed by atoms with Crippen LogP contribution >= 0.6 is 15.9 Å². The first-order chi connectivity index (χ1) is 7.15. The fourth-order valence-electron chi connectivity index (χ4n) is 1.36. The molecule has 1 unspecified atom stereocenters. The summed E-state index contributed by atoms with van der Waals surface area (Å²) in [4.78, 5) is 0. The standard InChI is InChI=1S/C11H15BrFNO/c1-15-6-5-9(14)7-8-3-2-4-10(13)11(8)12/h2-4,9H,5-7,14H2,1H3. The SMILES string of the molecule is COCCC(N)Cc1cccc(F)c1Br. The number of ether oxygens (including phenoxy) is 1. The zero-order valence-electron chi connectivity index (χ0n) is 8.67. The molecule has 0 bridgehead atoms. The smallest absolute Gasteiger partial charge is 0.137 e. The number of halogens is 2. The molecule has 0 aromatic heterocycles. The Hall–Kier alpha value is -0.450. The summed E-state index contributed by atoms with van der Waals surface area (Å²) in [6, 6.07) is 5.00. The van der Waals surface area contributed by atoms with Crippen molar-refractivity contribution in [1.82, 2.24) is 0 Å². The summed E-state index contributed by atoms with van der Waals surface area (Å²) in [5.41, 5.74) is 6.79. The zero-order chi connectivity index (χ0) is 11.3. The summed E-state index contributed by atoms with van der Waals surface area (Å²) >= 11 is 3.22. The minimum absolute atomic E-state index is 0.00282. The van der Waals surface area contributed by atoms with Crippen LogP contribution in [0.1, 0.15) is 12.0 Å². The Bertz CT molecular complexity index is 319. The number of nitrogens with two attached hydrogens (primary N) is 1. The molecule has 0 aliphatic carbocycles. The van der Waals surface area contributed by atoms with Gasteiger partial charge in [0.05, 0.1) is 4.47 Å². The predicted molar refractivity (Wildman–Crippen MR) is 62.3 cm³/mol. The van der Waals surface area contributed by atoms with Crippen molar-refractivity contribution in [3.63, 3.8) is 0 Å². The van der Waals surface area contributed by atoms with Gasteiger partial charge in [0.1, 0.15) is 5.82 Å². The van der Waals surface area contributed by atoms with E-state index in [1.54, 1.807) is 13.2 Å². The molecule has 84 valence electrons. The Kier molecular flexibility index (Phi) is 5.22. The summed E-state index contributed by atoms with van der Waals surface area (Å²) in [7, 11) is 1.64. The fraction of sp³-hybridized carbons (Fsp3) is 0.455. The van der Waals surface area contributed by atoms with Crippen molar-refractivity contribution < 1.29 is 9.13 Å². The number of hydrogen-bond donors (Lipinski definition) is 1. The number of methoxy groups -OCH3 is 1. The molecule has 0 saturated carbocycles. The molecule has 1 atom stereocenters. The van der Waals surface area contributed by atoms with E-state index in [0.717, 1.165) is 12.0 Å². The van der Waals surface area contributed by atoms with E-state index in [9.17, 15) is 4.39 Å². The van der Waals surface area contributed by atoms with Crippen LogP contribution in [0.4, 0.5) is 4.39 Å². The monoisotopic (exact) mass is 275 g/mol. The molecule has 0 aliphatic heterocycles. The summed E-state index contributed by atoms with van der Waals surface area (Å²) in [6.45, 7) is 0.633. The van der Waals surface area contributed by atoms with E-state index in [-0.39, 0.29) is 11.9 Å². The van der Waals surface area contributed by atoms with Gasteiger partial charge in [0, 0.05) is 19.8 Å². The van der Waals surface area contributed by atoms with Crippen LogP contribution in [0, 0.1) is 5.82 Å². The Morgan fingerprint density at radius 3 is 2.93 bits per heavy atom. The topological polar surface area (TPSA) is 35.2 Å². The van der Waals surface area contributed by atoms with Gasteiger partial charge in [-0.1, -0.05) is 12.1 Å². The number of rotatable bonds is 5. The minimum Gasteiger partial charge on any atom is -0.385 e. The van der Waals surface area contributed by atoms with Crippen molar-refractivity contribution in [2.75, 3.05) is 13.7 Å². The quantitative estimate of drug-likeness (QED) is 0.896. The third kappa shape index (κ3) is 3.89. The molecule has 0 fully saturated rings.